The van der Waals surface area contributed by atoms with E-state index in [0.29, 0.717) is 22.6 Å². The fourth-order valence-electron chi connectivity index (χ4n) is 2.12. The Bertz CT molecular complexity index is 882. The molecule has 5 nitrogen and oxygen atoms in total. The van der Waals surface area contributed by atoms with Crippen LogP contribution in [-0.2, 0) is 0 Å². The van der Waals surface area contributed by atoms with Crippen molar-refractivity contribution in [3.8, 4) is 0 Å². The van der Waals surface area contributed by atoms with Crippen LogP contribution < -0.4 is 0 Å². The zero-order chi connectivity index (χ0) is 15.7. The Labute approximate surface area is 134 Å². The Hall–Kier alpha value is -2.47. The van der Waals surface area contributed by atoms with Crippen LogP contribution in [0.3, 0.4) is 0 Å². The number of hydrogen-bond acceptors (Lipinski definition) is 4. The largest absolute Gasteiger partial charge is 0.436 e. The Morgan fingerprint density at radius 2 is 1.95 bits per heavy atom. The van der Waals surface area contributed by atoms with Gasteiger partial charge in [-0.2, -0.15) is 0 Å². The van der Waals surface area contributed by atoms with E-state index in [1.54, 1.807) is 13.0 Å². The highest BCUT2D eigenvalue weighted by Crippen LogP contribution is 2.26. The van der Waals surface area contributed by atoms with E-state index in [2.05, 4.69) is 20.9 Å². The third-order valence-electron chi connectivity index (χ3n) is 3.18. The van der Waals surface area contributed by atoms with E-state index in [9.17, 15) is 10.1 Å². The highest BCUT2D eigenvalue weighted by Gasteiger charge is 2.13. The Morgan fingerprint density at radius 3 is 2.64 bits per heavy atom. The van der Waals surface area contributed by atoms with Gasteiger partial charge in [0.05, 0.1) is 4.92 Å². The highest BCUT2D eigenvalue weighted by atomic mass is 79.9. The number of oxazole rings is 1. The van der Waals surface area contributed by atoms with E-state index in [1.807, 2.05) is 30.3 Å². The van der Waals surface area contributed by atoms with Gasteiger partial charge in [-0.15, -0.1) is 0 Å². The summed E-state index contributed by atoms with van der Waals surface area (Å²) in [5, 5.41) is 10.9. The molecule has 0 aliphatic carbocycles. The number of aromatic nitrogens is 1. The lowest BCUT2D eigenvalue weighted by Gasteiger charge is -1.94. The van der Waals surface area contributed by atoms with Crippen molar-refractivity contribution in [2.24, 2.45) is 0 Å². The Morgan fingerprint density at radius 1 is 1.23 bits per heavy atom. The lowest BCUT2D eigenvalue weighted by molar-refractivity contribution is -0.384. The molecule has 0 unspecified atom stereocenters. The maximum Gasteiger partial charge on any atom is 0.272 e. The van der Waals surface area contributed by atoms with Crippen molar-refractivity contribution in [2.75, 3.05) is 0 Å². The molecule has 0 saturated carbocycles. The van der Waals surface area contributed by atoms with E-state index in [4.69, 9.17) is 4.42 Å². The van der Waals surface area contributed by atoms with Crippen LogP contribution in [0.5, 0.6) is 0 Å². The van der Waals surface area contributed by atoms with E-state index >= 15 is 0 Å². The van der Waals surface area contributed by atoms with Crippen LogP contribution in [0.1, 0.15) is 17.0 Å². The molecular formula is C16H11BrN2O3. The van der Waals surface area contributed by atoms with Crippen LogP contribution in [-0.4, -0.2) is 9.91 Å². The van der Waals surface area contributed by atoms with E-state index in [1.165, 1.54) is 12.1 Å². The number of fused-ring (bicyclic) bond motifs is 1. The second kappa shape index (κ2) is 5.73. The maximum atomic E-state index is 10.9. The molecule has 3 rings (SSSR count). The summed E-state index contributed by atoms with van der Waals surface area (Å²) in [6, 6.07) is 10.7. The lowest BCUT2D eigenvalue weighted by Crippen LogP contribution is -1.88. The van der Waals surface area contributed by atoms with Gasteiger partial charge in [-0.3, -0.25) is 10.1 Å². The predicted molar refractivity (Wildman–Crippen MR) is 88.5 cm³/mol. The smallest absolute Gasteiger partial charge is 0.272 e. The monoisotopic (exact) mass is 358 g/mol. The van der Waals surface area contributed by atoms with Crippen molar-refractivity contribution in [2.45, 2.75) is 6.92 Å². The van der Waals surface area contributed by atoms with Gasteiger partial charge in [-0.05, 0) is 30.7 Å². The fourth-order valence-corrected chi connectivity index (χ4v) is 2.38. The Balaban J connectivity index is 1.96. The van der Waals surface area contributed by atoms with Crippen molar-refractivity contribution < 1.29 is 9.34 Å². The summed E-state index contributed by atoms with van der Waals surface area (Å²) in [6.45, 7) is 1.77. The van der Waals surface area contributed by atoms with Gasteiger partial charge >= 0.3 is 0 Å². The number of nitrogens with zero attached hydrogens (tertiary/aromatic N) is 2. The van der Waals surface area contributed by atoms with E-state index < -0.39 is 4.92 Å². The number of non-ortho nitro benzene ring substituents is 1. The van der Waals surface area contributed by atoms with Crippen LogP contribution in [0.25, 0.3) is 23.3 Å². The standard InChI is InChI=1S/C16H11BrN2O3/c1-10-8-13(19(20)21)9-14-16(10)22-15(18-14)7-4-11-2-5-12(17)6-3-11/h2-9H,1H3/b7-4+. The molecule has 1 heterocycles. The first kappa shape index (κ1) is 14.5. The van der Waals surface area contributed by atoms with Crippen LogP contribution in [0, 0.1) is 17.0 Å². The minimum Gasteiger partial charge on any atom is -0.436 e. The highest BCUT2D eigenvalue weighted by molar-refractivity contribution is 9.10. The van der Waals surface area contributed by atoms with Gasteiger partial charge in [0, 0.05) is 28.2 Å². The lowest BCUT2D eigenvalue weighted by atomic mass is 10.2. The van der Waals surface area contributed by atoms with Gasteiger partial charge in [0.15, 0.2) is 5.58 Å². The number of halogens is 1. The topological polar surface area (TPSA) is 69.2 Å². The molecule has 6 heteroatoms. The molecule has 0 bridgehead atoms. The van der Waals surface area contributed by atoms with Gasteiger partial charge in [-0.25, -0.2) is 4.98 Å². The first-order chi connectivity index (χ1) is 10.5. The number of benzene rings is 2. The van der Waals surface area contributed by atoms with Gasteiger partial charge in [0.2, 0.25) is 5.89 Å². The van der Waals surface area contributed by atoms with E-state index in [-0.39, 0.29) is 5.69 Å². The van der Waals surface area contributed by atoms with Gasteiger partial charge < -0.3 is 4.42 Å². The molecule has 22 heavy (non-hydrogen) atoms. The first-order valence-corrected chi connectivity index (χ1v) is 7.31. The van der Waals surface area contributed by atoms with Crippen molar-refractivity contribution >= 4 is 44.9 Å². The summed E-state index contributed by atoms with van der Waals surface area (Å²) in [4.78, 5) is 14.7. The average molecular weight is 359 g/mol. The van der Waals surface area contributed by atoms with Crippen molar-refractivity contribution in [3.05, 3.63) is 68.0 Å². The average Bonchev–Trinajstić information content (AvgIpc) is 2.90. The molecule has 110 valence electrons. The molecule has 0 atom stereocenters. The van der Waals surface area contributed by atoms with Crippen LogP contribution in [0.15, 0.2) is 45.3 Å². The van der Waals surface area contributed by atoms with Gasteiger partial charge in [-0.1, -0.05) is 28.1 Å². The molecule has 0 radical (unpaired) electrons. The quantitative estimate of drug-likeness (QED) is 0.489. The molecule has 0 aliphatic heterocycles. The molecule has 0 aliphatic rings. The van der Waals surface area contributed by atoms with Crippen molar-refractivity contribution in [3.63, 3.8) is 0 Å². The van der Waals surface area contributed by atoms with Crippen LogP contribution in [0.4, 0.5) is 5.69 Å². The summed E-state index contributed by atoms with van der Waals surface area (Å²) >= 11 is 3.38. The molecular weight excluding hydrogens is 348 g/mol. The minimum atomic E-state index is -0.432. The summed E-state index contributed by atoms with van der Waals surface area (Å²) in [7, 11) is 0. The molecule has 0 spiro atoms. The SMILES string of the molecule is Cc1cc([N+](=O)[O-])cc2nc(/C=C/c3ccc(Br)cc3)oc12. The molecule has 0 N–H and O–H groups in total. The molecule has 2 aromatic carbocycles. The normalized spacial score (nSPS) is 11.4. The molecule has 0 saturated heterocycles. The third-order valence-corrected chi connectivity index (χ3v) is 3.70. The van der Waals surface area contributed by atoms with Crippen molar-refractivity contribution in [1.29, 1.82) is 0 Å². The van der Waals surface area contributed by atoms with Crippen LogP contribution >= 0.6 is 15.9 Å². The summed E-state index contributed by atoms with van der Waals surface area (Å²) < 4.78 is 6.66. The van der Waals surface area contributed by atoms with Gasteiger partial charge in [0.25, 0.3) is 5.69 Å². The molecule has 3 aromatic rings. The van der Waals surface area contributed by atoms with Gasteiger partial charge in [0.1, 0.15) is 5.52 Å². The summed E-state index contributed by atoms with van der Waals surface area (Å²) in [6.07, 6.45) is 3.62. The van der Waals surface area contributed by atoms with E-state index in [0.717, 1.165) is 10.0 Å². The predicted octanol–water partition coefficient (Wildman–Crippen LogP) is 4.98. The van der Waals surface area contributed by atoms with Crippen molar-refractivity contribution in [1.82, 2.24) is 4.98 Å². The maximum absolute atomic E-state index is 10.9. The fraction of sp³-hybridized carbons (Fsp3) is 0.0625. The zero-order valence-electron chi connectivity index (χ0n) is 11.6. The van der Waals surface area contributed by atoms with Crippen LogP contribution in [0.2, 0.25) is 0 Å². The minimum absolute atomic E-state index is 0.0155. The Kier molecular flexibility index (Phi) is 3.77. The first-order valence-electron chi connectivity index (χ1n) is 6.52. The molecule has 0 amide bonds. The molecule has 0 fully saturated rings. The number of rotatable bonds is 3. The number of nitro groups is 1. The zero-order valence-corrected chi connectivity index (χ0v) is 13.2. The second-order valence-corrected chi connectivity index (χ2v) is 5.72. The molecule has 1 aromatic heterocycles. The number of hydrogen-bond donors (Lipinski definition) is 0. The second-order valence-electron chi connectivity index (χ2n) is 4.81. The summed E-state index contributed by atoms with van der Waals surface area (Å²) in [5.41, 5.74) is 2.78. The third kappa shape index (κ3) is 2.92. The number of aryl methyl sites for hydroxylation is 1. The summed E-state index contributed by atoms with van der Waals surface area (Å²) in [5.74, 6) is 0.418. The number of nitro benzene ring substituents is 1.